The number of hydrogen-bond donors (Lipinski definition) is 2. The van der Waals surface area contributed by atoms with Crippen molar-refractivity contribution >= 4 is 33.7 Å². The molecule has 0 spiro atoms. The Morgan fingerprint density at radius 3 is 2.62 bits per heavy atom. The number of fused-ring (bicyclic) bond motifs is 2. The lowest BCUT2D eigenvalue weighted by Gasteiger charge is -2.10. The van der Waals surface area contributed by atoms with Crippen molar-refractivity contribution in [2.24, 2.45) is 5.92 Å². The van der Waals surface area contributed by atoms with Gasteiger partial charge in [0.15, 0.2) is 11.5 Å². The third-order valence-electron chi connectivity index (χ3n) is 6.10. The maximum Gasteiger partial charge on any atom is 0.224 e. The number of nitrogens with one attached hydrogen (secondary N) is 2. The largest absolute Gasteiger partial charge is 0.337 e. The van der Waals surface area contributed by atoms with E-state index in [0.29, 0.717) is 34.7 Å². The molecule has 0 unspecified atom stereocenters. The molecular formula is C28H22FN9O. The molecule has 0 atom stereocenters. The normalized spacial score (nSPS) is 11.4. The highest BCUT2D eigenvalue weighted by molar-refractivity contribution is 5.96. The number of H-pyrrole nitrogens is 1. The number of rotatable bonds is 6. The third kappa shape index (κ3) is 4.65. The summed E-state index contributed by atoms with van der Waals surface area (Å²) in [6.45, 7) is 3.92. The number of imidazole rings is 1. The molecule has 0 aliphatic heterocycles. The molecule has 0 aliphatic rings. The average Bonchev–Trinajstić information content (AvgIpc) is 3.38. The minimum atomic E-state index is -0.573. The van der Waals surface area contributed by atoms with E-state index in [0.717, 1.165) is 11.1 Å². The van der Waals surface area contributed by atoms with Gasteiger partial charge in [-0.05, 0) is 30.2 Å². The number of anilines is 1. The molecule has 2 N–H and O–H groups in total. The van der Waals surface area contributed by atoms with E-state index in [9.17, 15) is 4.79 Å². The van der Waals surface area contributed by atoms with Crippen molar-refractivity contribution in [3.05, 3.63) is 73.6 Å². The van der Waals surface area contributed by atoms with Crippen molar-refractivity contribution in [3.63, 3.8) is 0 Å². The quantitative estimate of drug-likeness (QED) is 0.306. The lowest BCUT2D eigenvalue weighted by atomic mass is 10.1. The lowest BCUT2D eigenvalue weighted by molar-refractivity contribution is -0.116. The van der Waals surface area contributed by atoms with Gasteiger partial charge < -0.3 is 10.3 Å². The highest BCUT2D eigenvalue weighted by atomic mass is 19.1. The molecule has 0 aliphatic carbocycles. The molecule has 0 bridgehead atoms. The monoisotopic (exact) mass is 519 g/mol. The first-order valence-corrected chi connectivity index (χ1v) is 12.3. The van der Waals surface area contributed by atoms with Gasteiger partial charge >= 0.3 is 0 Å². The van der Waals surface area contributed by atoms with Crippen LogP contribution in [0.25, 0.3) is 56.0 Å². The van der Waals surface area contributed by atoms with Gasteiger partial charge in [0.05, 0.1) is 28.5 Å². The van der Waals surface area contributed by atoms with E-state index < -0.39 is 5.82 Å². The number of carbonyl (C=O) groups excluding carboxylic acids is 1. The Kier molecular flexibility index (Phi) is 6.16. The number of hydrogen-bond acceptors (Lipinski definition) is 8. The van der Waals surface area contributed by atoms with E-state index in [2.05, 4.69) is 40.2 Å². The molecule has 6 aromatic heterocycles. The van der Waals surface area contributed by atoms with Crippen molar-refractivity contribution in [2.75, 3.05) is 5.32 Å². The molecule has 192 valence electrons. The van der Waals surface area contributed by atoms with E-state index in [1.54, 1.807) is 30.7 Å². The van der Waals surface area contributed by atoms with Crippen LogP contribution in [0.3, 0.4) is 0 Å². The summed E-state index contributed by atoms with van der Waals surface area (Å²) in [6.07, 6.45) is 11.2. The second kappa shape index (κ2) is 9.93. The predicted molar refractivity (Wildman–Crippen MR) is 145 cm³/mol. The van der Waals surface area contributed by atoms with Crippen LogP contribution in [0.5, 0.6) is 0 Å². The highest BCUT2D eigenvalue weighted by Gasteiger charge is 2.21. The topological polar surface area (TPSA) is 135 Å². The van der Waals surface area contributed by atoms with E-state index in [1.807, 2.05) is 26.0 Å². The molecule has 0 aromatic carbocycles. The van der Waals surface area contributed by atoms with Gasteiger partial charge in [-0.3, -0.25) is 19.7 Å². The number of pyridine rings is 4. The second-order valence-corrected chi connectivity index (χ2v) is 9.39. The Balaban J connectivity index is 1.45. The average molecular weight is 520 g/mol. The molecule has 0 saturated heterocycles. The van der Waals surface area contributed by atoms with Gasteiger partial charge in [-0.25, -0.2) is 24.3 Å². The van der Waals surface area contributed by atoms with Crippen molar-refractivity contribution in [1.29, 1.82) is 0 Å². The van der Waals surface area contributed by atoms with Crippen LogP contribution in [-0.4, -0.2) is 45.8 Å². The summed E-state index contributed by atoms with van der Waals surface area (Å²) in [5, 5.41) is 2.93. The first-order valence-electron chi connectivity index (χ1n) is 12.3. The molecule has 0 radical (unpaired) electrons. The molecular weight excluding hydrogens is 497 g/mol. The van der Waals surface area contributed by atoms with Crippen LogP contribution in [0.2, 0.25) is 0 Å². The SMILES string of the molecule is CC(C)CC(=O)Nc1cncc(-c2cnc3ncnc(-c4nc5c(-c6ccncc6)nccc5[nH]4)c3c2F)c1. The summed E-state index contributed by atoms with van der Waals surface area (Å²) in [5.41, 5.74) is 4.41. The zero-order valence-corrected chi connectivity index (χ0v) is 21.1. The molecule has 6 aromatic rings. The Labute approximate surface area is 221 Å². The van der Waals surface area contributed by atoms with Crippen LogP contribution < -0.4 is 5.32 Å². The standard InChI is InChI=1S/C28H22FN9O/c1-15(2)9-21(39)36-18-10-17(11-31-12-18)19-13-33-27-22(23(19)29)26(34-14-35-27)28-37-20-5-8-32-24(25(20)38-28)16-3-6-30-7-4-16/h3-8,10-15H,9H2,1-2H3,(H,36,39)(H,37,38). The number of aromatic nitrogens is 8. The van der Waals surface area contributed by atoms with Crippen molar-refractivity contribution in [2.45, 2.75) is 20.3 Å². The summed E-state index contributed by atoms with van der Waals surface area (Å²) in [7, 11) is 0. The molecule has 6 heterocycles. The zero-order valence-electron chi connectivity index (χ0n) is 21.1. The Hall–Kier alpha value is -5.19. The highest BCUT2D eigenvalue weighted by Crippen LogP contribution is 2.33. The van der Waals surface area contributed by atoms with Crippen LogP contribution in [0.4, 0.5) is 10.1 Å². The van der Waals surface area contributed by atoms with Crippen LogP contribution in [0.15, 0.2) is 67.8 Å². The maximum atomic E-state index is 16.2. The van der Waals surface area contributed by atoms with Crippen LogP contribution >= 0.6 is 0 Å². The van der Waals surface area contributed by atoms with Crippen LogP contribution in [0, 0.1) is 11.7 Å². The number of aromatic amines is 1. The molecule has 0 fully saturated rings. The van der Waals surface area contributed by atoms with E-state index in [-0.39, 0.29) is 34.1 Å². The second-order valence-electron chi connectivity index (χ2n) is 9.39. The molecule has 10 nitrogen and oxygen atoms in total. The van der Waals surface area contributed by atoms with Gasteiger partial charge in [-0.2, -0.15) is 0 Å². The van der Waals surface area contributed by atoms with Crippen molar-refractivity contribution in [3.8, 4) is 33.9 Å². The van der Waals surface area contributed by atoms with Gasteiger partial charge in [-0.15, -0.1) is 0 Å². The fraction of sp³-hybridized carbons (Fsp3) is 0.143. The Bertz CT molecular complexity index is 1840. The first-order chi connectivity index (χ1) is 19.0. The van der Waals surface area contributed by atoms with Crippen LogP contribution in [0.1, 0.15) is 20.3 Å². The molecule has 6 rings (SSSR count). The maximum absolute atomic E-state index is 16.2. The number of amides is 1. The number of nitrogens with zero attached hydrogens (tertiary/aromatic N) is 7. The van der Waals surface area contributed by atoms with Gasteiger partial charge in [0.25, 0.3) is 0 Å². The number of carbonyl (C=O) groups is 1. The summed E-state index contributed by atoms with van der Waals surface area (Å²) >= 11 is 0. The smallest absolute Gasteiger partial charge is 0.224 e. The predicted octanol–water partition coefficient (Wildman–Crippen LogP) is 5.21. The van der Waals surface area contributed by atoms with Crippen molar-refractivity contribution in [1.82, 2.24) is 39.9 Å². The summed E-state index contributed by atoms with van der Waals surface area (Å²) < 4.78 is 16.2. The molecule has 39 heavy (non-hydrogen) atoms. The summed E-state index contributed by atoms with van der Waals surface area (Å²) in [6, 6.07) is 7.15. The van der Waals surface area contributed by atoms with E-state index in [1.165, 1.54) is 24.9 Å². The lowest BCUT2D eigenvalue weighted by Crippen LogP contribution is -2.14. The number of halogens is 1. The minimum absolute atomic E-state index is 0.113. The van der Waals surface area contributed by atoms with Gasteiger partial charge in [-0.1, -0.05) is 13.8 Å². The van der Waals surface area contributed by atoms with Crippen molar-refractivity contribution < 1.29 is 9.18 Å². The first kappa shape index (κ1) is 24.2. The zero-order chi connectivity index (χ0) is 26.9. The molecule has 11 heteroatoms. The van der Waals surface area contributed by atoms with Gasteiger partial charge in [0.2, 0.25) is 5.91 Å². The summed E-state index contributed by atoms with van der Waals surface area (Å²) in [5.74, 6) is -0.152. The van der Waals surface area contributed by atoms with E-state index >= 15 is 4.39 Å². The van der Waals surface area contributed by atoms with Crippen LogP contribution in [-0.2, 0) is 4.79 Å². The van der Waals surface area contributed by atoms with Gasteiger partial charge in [0, 0.05) is 54.1 Å². The fourth-order valence-electron chi connectivity index (χ4n) is 4.38. The minimum Gasteiger partial charge on any atom is -0.337 e. The fourth-order valence-corrected chi connectivity index (χ4v) is 4.38. The Morgan fingerprint density at radius 2 is 1.79 bits per heavy atom. The van der Waals surface area contributed by atoms with Gasteiger partial charge in [0.1, 0.15) is 23.4 Å². The molecule has 0 saturated carbocycles. The third-order valence-corrected chi connectivity index (χ3v) is 6.10. The summed E-state index contributed by atoms with van der Waals surface area (Å²) in [4.78, 5) is 45.9. The molecule has 1 amide bonds. The van der Waals surface area contributed by atoms with E-state index in [4.69, 9.17) is 4.98 Å². The Morgan fingerprint density at radius 1 is 0.949 bits per heavy atom.